The summed E-state index contributed by atoms with van der Waals surface area (Å²) in [7, 11) is 0. The fourth-order valence-electron chi connectivity index (χ4n) is 3.77. The monoisotopic (exact) mass is 267 g/mol. The molecule has 2 aliphatic rings. The average molecular weight is 267 g/mol. The smallest absolute Gasteiger partial charge is 0.0113 e. The molecule has 0 amide bonds. The first-order valence-electron chi connectivity index (χ1n) is 8.40. The largest absolute Gasteiger partial charge is 0.314 e. The Morgan fingerprint density at radius 3 is 2.47 bits per heavy atom. The lowest BCUT2D eigenvalue weighted by Crippen LogP contribution is -2.49. The molecule has 3 heteroatoms. The molecule has 112 valence electrons. The molecular weight excluding hydrogens is 234 g/mol. The van der Waals surface area contributed by atoms with Gasteiger partial charge in [0.15, 0.2) is 0 Å². The third-order valence-corrected chi connectivity index (χ3v) is 5.08. The van der Waals surface area contributed by atoms with Gasteiger partial charge in [-0.15, -0.1) is 0 Å². The quantitative estimate of drug-likeness (QED) is 0.796. The predicted molar refractivity (Wildman–Crippen MR) is 82.6 cm³/mol. The molecule has 1 aliphatic heterocycles. The molecule has 1 saturated heterocycles. The maximum absolute atomic E-state index is 3.68. The number of hydrogen-bond acceptors (Lipinski definition) is 3. The van der Waals surface area contributed by atoms with Gasteiger partial charge < -0.3 is 10.2 Å². The molecule has 2 rings (SSSR count). The van der Waals surface area contributed by atoms with Crippen molar-refractivity contribution in [3.05, 3.63) is 0 Å². The Balaban J connectivity index is 1.66. The molecule has 0 radical (unpaired) electrons. The van der Waals surface area contributed by atoms with Crippen LogP contribution in [-0.2, 0) is 0 Å². The Labute approximate surface area is 119 Å². The van der Waals surface area contributed by atoms with Crippen LogP contribution in [0.3, 0.4) is 0 Å². The van der Waals surface area contributed by atoms with E-state index >= 15 is 0 Å². The lowest BCUT2D eigenvalue weighted by Gasteiger charge is -2.37. The number of hydrogen-bond donors (Lipinski definition) is 1. The zero-order chi connectivity index (χ0) is 13.7. The maximum atomic E-state index is 3.68. The lowest BCUT2D eigenvalue weighted by atomic mass is 9.99. The van der Waals surface area contributed by atoms with Gasteiger partial charge in [-0.1, -0.05) is 13.3 Å². The highest BCUT2D eigenvalue weighted by molar-refractivity contribution is 4.84. The molecule has 0 aromatic rings. The van der Waals surface area contributed by atoms with Crippen LogP contribution in [0.1, 0.15) is 46.5 Å². The highest BCUT2D eigenvalue weighted by atomic mass is 15.3. The van der Waals surface area contributed by atoms with Crippen molar-refractivity contribution in [2.24, 2.45) is 5.92 Å². The van der Waals surface area contributed by atoms with Crippen molar-refractivity contribution < 1.29 is 0 Å². The minimum absolute atomic E-state index is 0.718. The molecule has 0 aromatic carbocycles. The summed E-state index contributed by atoms with van der Waals surface area (Å²) in [5.74, 6) is 0.933. The van der Waals surface area contributed by atoms with Gasteiger partial charge >= 0.3 is 0 Å². The third-order valence-electron chi connectivity index (χ3n) is 5.08. The molecule has 0 spiro atoms. The van der Waals surface area contributed by atoms with E-state index in [-0.39, 0.29) is 0 Å². The molecule has 1 saturated carbocycles. The summed E-state index contributed by atoms with van der Waals surface area (Å²) in [5, 5.41) is 3.68. The van der Waals surface area contributed by atoms with E-state index in [1.54, 1.807) is 0 Å². The Hall–Kier alpha value is -0.120. The van der Waals surface area contributed by atoms with Gasteiger partial charge in [0.2, 0.25) is 0 Å². The topological polar surface area (TPSA) is 18.5 Å². The van der Waals surface area contributed by atoms with Gasteiger partial charge in [0.1, 0.15) is 0 Å². The Morgan fingerprint density at radius 1 is 1.11 bits per heavy atom. The predicted octanol–water partition coefficient (Wildman–Crippen LogP) is 2.18. The van der Waals surface area contributed by atoms with Crippen molar-refractivity contribution in [1.82, 2.24) is 15.1 Å². The normalized spacial score (nSPS) is 30.3. The first kappa shape index (κ1) is 15.3. The van der Waals surface area contributed by atoms with E-state index in [4.69, 9.17) is 0 Å². The zero-order valence-corrected chi connectivity index (χ0v) is 13.2. The highest BCUT2D eigenvalue weighted by Gasteiger charge is 2.27. The lowest BCUT2D eigenvalue weighted by molar-refractivity contribution is 0.103. The molecule has 2 unspecified atom stereocenters. The molecule has 0 bridgehead atoms. The minimum Gasteiger partial charge on any atom is -0.314 e. The van der Waals surface area contributed by atoms with Crippen LogP contribution in [-0.4, -0.2) is 61.2 Å². The summed E-state index contributed by atoms with van der Waals surface area (Å²) in [6, 6.07) is 1.53. The second kappa shape index (κ2) is 7.61. The van der Waals surface area contributed by atoms with Gasteiger partial charge in [-0.3, -0.25) is 4.90 Å². The van der Waals surface area contributed by atoms with Crippen LogP contribution in [0.2, 0.25) is 0 Å². The fraction of sp³-hybridized carbons (Fsp3) is 1.00. The molecule has 2 fully saturated rings. The van der Waals surface area contributed by atoms with Gasteiger partial charge in [-0.05, 0) is 52.1 Å². The van der Waals surface area contributed by atoms with Crippen molar-refractivity contribution in [2.75, 3.05) is 39.3 Å². The maximum Gasteiger partial charge on any atom is 0.0113 e. The van der Waals surface area contributed by atoms with E-state index in [9.17, 15) is 0 Å². The second-order valence-electron chi connectivity index (χ2n) is 6.62. The van der Waals surface area contributed by atoms with Crippen LogP contribution in [0, 0.1) is 5.92 Å². The summed E-state index contributed by atoms with van der Waals surface area (Å²) in [6.45, 7) is 14.4. The van der Waals surface area contributed by atoms with Gasteiger partial charge in [0.25, 0.3) is 0 Å². The van der Waals surface area contributed by atoms with Crippen molar-refractivity contribution >= 4 is 0 Å². The number of nitrogens with one attached hydrogen (secondary N) is 1. The van der Waals surface area contributed by atoms with Crippen LogP contribution in [0.25, 0.3) is 0 Å². The zero-order valence-electron chi connectivity index (χ0n) is 13.2. The summed E-state index contributed by atoms with van der Waals surface area (Å²) in [5.41, 5.74) is 0. The van der Waals surface area contributed by atoms with E-state index in [0.29, 0.717) is 0 Å². The van der Waals surface area contributed by atoms with E-state index in [1.165, 1.54) is 58.4 Å². The number of nitrogens with zero attached hydrogens (tertiary/aromatic N) is 2. The van der Waals surface area contributed by atoms with Gasteiger partial charge in [0, 0.05) is 38.3 Å². The molecule has 0 aromatic heterocycles. The molecule has 19 heavy (non-hydrogen) atoms. The Kier molecular flexibility index (Phi) is 6.11. The first-order valence-corrected chi connectivity index (χ1v) is 8.40. The van der Waals surface area contributed by atoms with E-state index in [0.717, 1.165) is 24.5 Å². The van der Waals surface area contributed by atoms with Crippen LogP contribution in [0.4, 0.5) is 0 Å². The summed E-state index contributed by atoms with van der Waals surface area (Å²) in [6.07, 6.45) is 5.69. The minimum atomic E-state index is 0.718. The van der Waals surface area contributed by atoms with Crippen LogP contribution >= 0.6 is 0 Å². The van der Waals surface area contributed by atoms with Crippen LogP contribution in [0.5, 0.6) is 0 Å². The van der Waals surface area contributed by atoms with Crippen molar-refractivity contribution in [2.45, 2.75) is 58.5 Å². The molecule has 3 nitrogen and oxygen atoms in total. The van der Waals surface area contributed by atoms with Crippen LogP contribution in [0.15, 0.2) is 0 Å². The first-order chi connectivity index (χ1) is 9.20. The SMILES string of the molecule is CCNC1CCCC1CCN1CCN(C(C)C)CC1. The van der Waals surface area contributed by atoms with E-state index in [2.05, 4.69) is 35.9 Å². The van der Waals surface area contributed by atoms with Gasteiger partial charge in [0.05, 0.1) is 0 Å². The molecular formula is C16H33N3. The molecule has 1 N–H and O–H groups in total. The summed E-state index contributed by atoms with van der Waals surface area (Å²) < 4.78 is 0. The van der Waals surface area contributed by atoms with Crippen LogP contribution < -0.4 is 5.32 Å². The second-order valence-corrected chi connectivity index (χ2v) is 6.62. The van der Waals surface area contributed by atoms with E-state index in [1.807, 2.05) is 0 Å². The van der Waals surface area contributed by atoms with E-state index < -0.39 is 0 Å². The molecule has 1 aliphatic carbocycles. The third kappa shape index (κ3) is 4.44. The molecule has 2 atom stereocenters. The average Bonchev–Trinajstić information content (AvgIpc) is 2.85. The highest BCUT2D eigenvalue weighted by Crippen LogP contribution is 2.28. The fourth-order valence-corrected chi connectivity index (χ4v) is 3.77. The van der Waals surface area contributed by atoms with Crippen molar-refractivity contribution in [3.8, 4) is 0 Å². The van der Waals surface area contributed by atoms with Crippen molar-refractivity contribution in [1.29, 1.82) is 0 Å². The summed E-state index contributed by atoms with van der Waals surface area (Å²) in [4.78, 5) is 5.29. The molecule has 1 heterocycles. The van der Waals surface area contributed by atoms with Gasteiger partial charge in [-0.25, -0.2) is 0 Å². The van der Waals surface area contributed by atoms with Gasteiger partial charge in [-0.2, -0.15) is 0 Å². The number of rotatable bonds is 6. The summed E-state index contributed by atoms with van der Waals surface area (Å²) >= 11 is 0. The Morgan fingerprint density at radius 2 is 1.84 bits per heavy atom. The number of piperazine rings is 1. The Bertz CT molecular complexity index is 246. The standard InChI is InChI=1S/C16H33N3/c1-4-17-16-7-5-6-15(16)8-9-18-10-12-19(13-11-18)14(2)3/h14-17H,4-13H2,1-3H3. The van der Waals surface area contributed by atoms with Crippen molar-refractivity contribution in [3.63, 3.8) is 0 Å².